The van der Waals surface area contributed by atoms with Gasteiger partial charge in [0.05, 0.1) is 0 Å². The summed E-state index contributed by atoms with van der Waals surface area (Å²) in [6, 6.07) is 0. The summed E-state index contributed by atoms with van der Waals surface area (Å²) in [6.07, 6.45) is 5.21. The predicted octanol–water partition coefficient (Wildman–Crippen LogP) is -0.155. The molecule has 1 aliphatic rings. The summed E-state index contributed by atoms with van der Waals surface area (Å²) in [7, 11) is 0. The fourth-order valence-electron chi connectivity index (χ4n) is 0.767. The highest BCUT2D eigenvalue weighted by Crippen LogP contribution is 2.06. The summed E-state index contributed by atoms with van der Waals surface area (Å²) in [5, 5.41) is 3.68. The van der Waals surface area contributed by atoms with Crippen LogP contribution >= 0.6 is 0 Å². The van der Waals surface area contributed by atoms with E-state index in [0.717, 1.165) is 4.68 Å². The van der Waals surface area contributed by atoms with Crippen molar-refractivity contribution in [2.45, 2.75) is 0 Å². The fraction of sp³-hybridized carbons (Fsp3) is 0. The molecule has 0 fully saturated rings. The maximum absolute atomic E-state index is 11.0. The van der Waals surface area contributed by atoms with Gasteiger partial charge in [0.25, 0.3) is 5.88 Å². The maximum atomic E-state index is 11.0. The smallest absolute Gasteiger partial charge is 0.350 e. The lowest BCUT2D eigenvalue weighted by molar-refractivity contribution is 0.290. The van der Waals surface area contributed by atoms with Crippen molar-refractivity contribution >= 4 is 5.88 Å². The van der Waals surface area contributed by atoms with E-state index < -0.39 is 0 Å². The number of aromatic amines is 1. The molecule has 0 atom stereocenters. The first-order valence-electron chi connectivity index (χ1n) is 3.18. The summed E-state index contributed by atoms with van der Waals surface area (Å²) in [6.45, 7) is 0. The molecule has 0 saturated heterocycles. The maximum Gasteiger partial charge on any atom is 0.350 e. The Morgan fingerprint density at radius 1 is 1.50 bits per heavy atom. The van der Waals surface area contributed by atoms with Crippen LogP contribution in [-0.2, 0) is 9.47 Å². The fourth-order valence-corrected chi connectivity index (χ4v) is 0.767. The minimum absolute atomic E-state index is 0.226. The molecule has 1 N–H and O–H groups in total. The number of hydrogen-bond acceptors (Lipinski definition) is 4. The Morgan fingerprint density at radius 2 is 2.42 bits per heavy atom. The van der Waals surface area contributed by atoms with Crippen molar-refractivity contribution in [1.82, 2.24) is 14.8 Å². The van der Waals surface area contributed by atoms with Crippen LogP contribution in [0.1, 0.15) is 0 Å². The molecule has 0 amide bonds. The van der Waals surface area contributed by atoms with Gasteiger partial charge < -0.3 is 9.47 Å². The Balaban J connectivity index is 2.37. The van der Waals surface area contributed by atoms with E-state index in [4.69, 9.17) is 9.47 Å². The van der Waals surface area contributed by atoms with Crippen molar-refractivity contribution in [2.24, 2.45) is 0 Å². The third-order valence-corrected chi connectivity index (χ3v) is 1.25. The third kappa shape index (κ3) is 0.986. The monoisotopic (exact) mass is 167 g/mol. The topological polar surface area (TPSA) is 69.1 Å². The van der Waals surface area contributed by atoms with Crippen LogP contribution in [0, 0.1) is 0 Å². The summed E-state index contributed by atoms with van der Waals surface area (Å²) >= 11 is 0. The highest BCUT2D eigenvalue weighted by molar-refractivity contribution is 5.34. The van der Waals surface area contributed by atoms with Crippen LogP contribution in [0.2, 0.25) is 0 Å². The van der Waals surface area contributed by atoms with Crippen LogP contribution in [0.25, 0.3) is 5.88 Å². The molecule has 2 rings (SSSR count). The Kier molecular flexibility index (Phi) is 1.44. The molecule has 1 aliphatic heterocycles. The number of aromatic nitrogens is 3. The number of hydrogen-bond donors (Lipinski definition) is 1. The normalized spacial score (nSPS) is 14.8. The van der Waals surface area contributed by atoms with E-state index in [1.165, 1.54) is 25.1 Å². The van der Waals surface area contributed by atoms with Gasteiger partial charge in [-0.15, -0.1) is 4.68 Å². The zero-order chi connectivity index (χ0) is 8.39. The molecule has 0 aromatic carbocycles. The van der Waals surface area contributed by atoms with Crippen molar-refractivity contribution in [2.75, 3.05) is 0 Å². The molecule has 0 radical (unpaired) electrons. The zero-order valence-electron chi connectivity index (χ0n) is 5.93. The van der Waals surface area contributed by atoms with Crippen molar-refractivity contribution < 1.29 is 9.47 Å². The van der Waals surface area contributed by atoms with E-state index in [2.05, 4.69) is 10.1 Å². The van der Waals surface area contributed by atoms with Crippen LogP contribution in [0.5, 0.6) is 0 Å². The number of ether oxygens (including phenoxy) is 2. The minimum atomic E-state index is -0.375. The average molecular weight is 167 g/mol. The van der Waals surface area contributed by atoms with Gasteiger partial charge in [0, 0.05) is 0 Å². The van der Waals surface area contributed by atoms with Gasteiger partial charge >= 0.3 is 5.69 Å². The minimum Gasteiger partial charge on any atom is -0.464 e. The SMILES string of the molecule is O=c1[nH]cnn1C1=COC=CO1. The quantitative estimate of drug-likeness (QED) is 0.631. The Morgan fingerprint density at radius 3 is 3.00 bits per heavy atom. The van der Waals surface area contributed by atoms with Gasteiger partial charge in [-0.25, -0.2) is 4.79 Å². The molecule has 0 bridgehead atoms. The first-order chi connectivity index (χ1) is 5.88. The molecule has 12 heavy (non-hydrogen) atoms. The van der Waals surface area contributed by atoms with Crippen LogP contribution in [0.3, 0.4) is 0 Å². The van der Waals surface area contributed by atoms with Gasteiger partial charge in [0.2, 0.25) is 0 Å². The third-order valence-electron chi connectivity index (χ3n) is 1.25. The molecular weight excluding hydrogens is 162 g/mol. The molecule has 62 valence electrons. The van der Waals surface area contributed by atoms with Crippen LogP contribution < -0.4 is 5.69 Å². The number of nitrogens with one attached hydrogen (secondary N) is 1. The second kappa shape index (κ2) is 2.57. The highest BCUT2D eigenvalue weighted by Gasteiger charge is 2.07. The van der Waals surface area contributed by atoms with Gasteiger partial charge in [0.1, 0.15) is 18.9 Å². The van der Waals surface area contributed by atoms with E-state index in [-0.39, 0.29) is 11.6 Å². The van der Waals surface area contributed by atoms with Crippen LogP contribution in [0.4, 0.5) is 0 Å². The van der Waals surface area contributed by atoms with Gasteiger partial charge in [-0.1, -0.05) is 0 Å². The van der Waals surface area contributed by atoms with Gasteiger partial charge in [0.15, 0.2) is 6.26 Å². The molecule has 1 aromatic heterocycles. The second-order valence-corrected chi connectivity index (χ2v) is 1.99. The Labute approximate surface area is 66.7 Å². The summed E-state index contributed by atoms with van der Waals surface area (Å²) in [5.41, 5.74) is -0.375. The number of rotatable bonds is 1. The average Bonchev–Trinajstić information content (AvgIpc) is 2.53. The highest BCUT2D eigenvalue weighted by atomic mass is 16.5. The first kappa shape index (κ1) is 6.71. The molecular formula is C6H5N3O3. The van der Waals surface area contributed by atoms with Gasteiger partial charge in [-0.2, -0.15) is 5.10 Å². The first-order valence-corrected chi connectivity index (χ1v) is 3.18. The standard InChI is InChI=1S/C6H5N3O3/c10-6-7-4-8-9(6)5-3-11-1-2-12-5/h1-4H,(H,7,8,10). The van der Waals surface area contributed by atoms with E-state index in [1.807, 2.05) is 0 Å². The lowest BCUT2D eigenvalue weighted by Crippen LogP contribution is -2.18. The van der Waals surface area contributed by atoms with Crippen molar-refractivity contribution in [3.05, 3.63) is 35.6 Å². The van der Waals surface area contributed by atoms with Crippen LogP contribution in [0.15, 0.2) is 29.9 Å². The van der Waals surface area contributed by atoms with Crippen molar-refractivity contribution in [1.29, 1.82) is 0 Å². The summed E-state index contributed by atoms with van der Waals surface area (Å²) < 4.78 is 10.8. The lowest BCUT2D eigenvalue weighted by Gasteiger charge is -2.06. The van der Waals surface area contributed by atoms with Gasteiger partial charge in [-0.05, 0) is 0 Å². The van der Waals surface area contributed by atoms with Crippen LogP contribution in [-0.4, -0.2) is 14.8 Å². The predicted molar refractivity (Wildman–Crippen MR) is 38.4 cm³/mol. The number of nitrogens with zero attached hydrogens (tertiary/aromatic N) is 2. The zero-order valence-corrected chi connectivity index (χ0v) is 5.93. The lowest BCUT2D eigenvalue weighted by atomic mass is 10.8. The number of H-pyrrole nitrogens is 1. The summed E-state index contributed by atoms with van der Waals surface area (Å²) in [5.74, 6) is 0.226. The van der Waals surface area contributed by atoms with E-state index in [9.17, 15) is 4.79 Å². The molecule has 2 heterocycles. The molecule has 0 saturated carbocycles. The Bertz CT molecular complexity index is 387. The molecule has 0 unspecified atom stereocenters. The second-order valence-electron chi connectivity index (χ2n) is 1.99. The molecule has 6 nitrogen and oxygen atoms in total. The van der Waals surface area contributed by atoms with Crippen molar-refractivity contribution in [3.8, 4) is 0 Å². The largest absolute Gasteiger partial charge is 0.464 e. The Hall–Kier alpha value is -1.98. The molecule has 0 spiro atoms. The molecule has 0 aliphatic carbocycles. The molecule has 6 heteroatoms. The van der Waals surface area contributed by atoms with E-state index >= 15 is 0 Å². The summed E-state index contributed by atoms with van der Waals surface area (Å²) in [4.78, 5) is 13.3. The van der Waals surface area contributed by atoms with E-state index in [0.29, 0.717) is 0 Å². The van der Waals surface area contributed by atoms with Crippen molar-refractivity contribution in [3.63, 3.8) is 0 Å². The van der Waals surface area contributed by atoms with E-state index in [1.54, 1.807) is 0 Å². The molecule has 1 aromatic rings. The van der Waals surface area contributed by atoms with Gasteiger partial charge in [-0.3, -0.25) is 4.98 Å².